The van der Waals surface area contributed by atoms with Crippen LogP contribution in [-0.2, 0) is 20.4 Å². The SMILES string of the molecule is CCCCOc1ccc(S(=O)(=O)C(C)C(O)(SCc2ccccc2)C(=O)O)cc1. The number of unbranched alkanes of at least 4 members (excludes halogenated alkanes) is 1. The summed E-state index contributed by atoms with van der Waals surface area (Å²) < 4.78 is 31.5. The van der Waals surface area contributed by atoms with Crippen LogP contribution in [0.4, 0.5) is 0 Å². The van der Waals surface area contributed by atoms with E-state index in [1.165, 1.54) is 31.2 Å². The monoisotopic (exact) mass is 438 g/mol. The van der Waals surface area contributed by atoms with E-state index in [4.69, 9.17) is 4.74 Å². The van der Waals surface area contributed by atoms with E-state index in [-0.39, 0.29) is 10.6 Å². The highest BCUT2D eigenvalue weighted by atomic mass is 32.2. The molecule has 0 radical (unpaired) electrons. The van der Waals surface area contributed by atoms with Crippen LogP contribution in [0.5, 0.6) is 5.75 Å². The Labute approximate surface area is 175 Å². The Morgan fingerprint density at radius 1 is 1.14 bits per heavy atom. The molecule has 0 amide bonds. The number of aliphatic hydroxyl groups is 1. The first-order valence-electron chi connectivity index (χ1n) is 9.32. The maximum Gasteiger partial charge on any atom is 0.347 e. The molecule has 0 saturated heterocycles. The Morgan fingerprint density at radius 2 is 1.76 bits per heavy atom. The van der Waals surface area contributed by atoms with E-state index in [9.17, 15) is 23.4 Å². The van der Waals surface area contributed by atoms with Gasteiger partial charge in [-0.25, -0.2) is 13.2 Å². The molecule has 0 aliphatic carbocycles. The van der Waals surface area contributed by atoms with E-state index >= 15 is 0 Å². The predicted molar refractivity (Wildman–Crippen MR) is 114 cm³/mol. The van der Waals surface area contributed by atoms with E-state index in [1.54, 1.807) is 24.3 Å². The first-order valence-corrected chi connectivity index (χ1v) is 11.9. The second kappa shape index (κ2) is 10.1. The summed E-state index contributed by atoms with van der Waals surface area (Å²) >= 11 is 0.684. The summed E-state index contributed by atoms with van der Waals surface area (Å²) in [7, 11) is -4.10. The van der Waals surface area contributed by atoms with E-state index in [1.807, 2.05) is 13.0 Å². The Balaban J connectivity index is 2.20. The third kappa shape index (κ3) is 5.74. The number of carboxylic acids is 1. The number of aliphatic carboxylic acids is 1. The summed E-state index contributed by atoms with van der Waals surface area (Å²) in [5.74, 6) is -0.890. The molecule has 0 aliphatic rings. The highest BCUT2D eigenvalue weighted by Crippen LogP contribution is 2.36. The largest absolute Gasteiger partial charge is 0.494 e. The molecule has 2 aromatic carbocycles. The normalized spacial score (nSPS) is 14.7. The van der Waals surface area contributed by atoms with Gasteiger partial charge in [-0.15, -0.1) is 11.8 Å². The predicted octanol–water partition coefficient (Wildman–Crippen LogP) is 3.73. The third-order valence-corrected chi connectivity index (χ3v) is 8.34. The van der Waals surface area contributed by atoms with Gasteiger partial charge in [-0.2, -0.15) is 0 Å². The van der Waals surface area contributed by atoms with Crippen LogP contribution in [0, 0.1) is 0 Å². The molecule has 158 valence electrons. The van der Waals surface area contributed by atoms with Crippen molar-refractivity contribution in [3.8, 4) is 5.75 Å². The average Bonchev–Trinajstić information content (AvgIpc) is 2.72. The zero-order valence-electron chi connectivity index (χ0n) is 16.4. The zero-order valence-corrected chi connectivity index (χ0v) is 18.1. The first kappa shape index (κ1) is 23.3. The third-order valence-electron chi connectivity index (χ3n) is 4.54. The molecule has 0 aromatic heterocycles. The van der Waals surface area contributed by atoms with Crippen LogP contribution < -0.4 is 4.74 Å². The number of benzene rings is 2. The smallest absolute Gasteiger partial charge is 0.347 e. The lowest BCUT2D eigenvalue weighted by Crippen LogP contribution is -2.49. The molecule has 0 spiro atoms. The van der Waals surface area contributed by atoms with Crippen molar-refractivity contribution in [2.24, 2.45) is 0 Å². The van der Waals surface area contributed by atoms with Gasteiger partial charge in [-0.05, 0) is 43.2 Å². The molecule has 2 N–H and O–H groups in total. The molecule has 2 atom stereocenters. The van der Waals surface area contributed by atoms with E-state index in [2.05, 4.69) is 0 Å². The molecular formula is C21H26O6S2. The maximum absolute atomic E-state index is 13.0. The molecule has 0 saturated carbocycles. The van der Waals surface area contributed by atoms with Crippen LogP contribution in [-0.4, -0.2) is 41.4 Å². The van der Waals surface area contributed by atoms with Gasteiger partial charge >= 0.3 is 5.97 Å². The Bertz CT molecular complexity index is 897. The lowest BCUT2D eigenvalue weighted by atomic mass is 10.2. The van der Waals surface area contributed by atoms with Crippen molar-refractivity contribution in [1.82, 2.24) is 0 Å². The van der Waals surface area contributed by atoms with Crippen LogP contribution in [0.3, 0.4) is 0 Å². The summed E-state index contributed by atoms with van der Waals surface area (Å²) in [5, 5.41) is 18.8. The van der Waals surface area contributed by atoms with E-state index in [0.717, 1.165) is 18.4 Å². The van der Waals surface area contributed by atoms with Crippen LogP contribution in [0.1, 0.15) is 32.3 Å². The minimum absolute atomic E-state index is 0.0622. The number of hydrogen-bond donors (Lipinski definition) is 2. The average molecular weight is 439 g/mol. The van der Waals surface area contributed by atoms with Gasteiger partial charge in [0, 0.05) is 5.75 Å². The van der Waals surface area contributed by atoms with Gasteiger partial charge in [0.1, 0.15) is 11.0 Å². The van der Waals surface area contributed by atoms with E-state index in [0.29, 0.717) is 24.1 Å². The number of rotatable bonds is 11. The standard InChI is InChI=1S/C21H26O6S2/c1-3-4-14-27-18-10-12-19(13-11-18)29(25,26)16(2)21(24,20(22)23)28-15-17-8-6-5-7-9-17/h5-13,16,24H,3-4,14-15H2,1-2H3,(H,22,23). The van der Waals surface area contributed by atoms with Crippen molar-refractivity contribution in [3.05, 3.63) is 60.2 Å². The topological polar surface area (TPSA) is 101 Å². The fraction of sp³-hybridized carbons (Fsp3) is 0.381. The van der Waals surface area contributed by atoms with Gasteiger partial charge in [0.05, 0.1) is 11.5 Å². The van der Waals surface area contributed by atoms with Crippen molar-refractivity contribution >= 4 is 27.6 Å². The van der Waals surface area contributed by atoms with Crippen molar-refractivity contribution in [3.63, 3.8) is 0 Å². The summed E-state index contributed by atoms with van der Waals surface area (Å²) in [6.07, 6.45) is 1.87. The molecule has 2 unspecified atom stereocenters. The number of sulfone groups is 1. The number of ether oxygens (including phenoxy) is 1. The van der Waals surface area contributed by atoms with Gasteiger partial charge in [0.25, 0.3) is 0 Å². The molecule has 2 aromatic rings. The fourth-order valence-corrected chi connectivity index (χ4v) is 5.56. The minimum Gasteiger partial charge on any atom is -0.494 e. The zero-order chi connectivity index (χ0) is 21.5. The molecule has 0 fully saturated rings. The van der Waals surface area contributed by atoms with Crippen molar-refractivity contribution in [2.75, 3.05) is 6.61 Å². The Morgan fingerprint density at radius 3 is 2.31 bits per heavy atom. The lowest BCUT2D eigenvalue weighted by Gasteiger charge is -2.29. The van der Waals surface area contributed by atoms with Gasteiger partial charge < -0.3 is 14.9 Å². The fourth-order valence-electron chi connectivity index (χ4n) is 2.59. The molecule has 0 aliphatic heterocycles. The lowest BCUT2D eigenvalue weighted by molar-refractivity contribution is -0.149. The second-order valence-electron chi connectivity index (χ2n) is 6.64. The number of thioether (sulfide) groups is 1. The quantitative estimate of drug-likeness (QED) is 0.407. The van der Waals surface area contributed by atoms with Crippen molar-refractivity contribution in [1.29, 1.82) is 0 Å². The van der Waals surface area contributed by atoms with Gasteiger partial charge in [0.15, 0.2) is 9.84 Å². The molecule has 8 heteroatoms. The van der Waals surface area contributed by atoms with Crippen LogP contribution in [0.2, 0.25) is 0 Å². The minimum atomic E-state index is -4.10. The van der Waals surface area contributed by atoms with Gasteiger partial charge in [0.2, 0.25) is 4.93 Å². The molecule has 0 bridgehead atoms. The summed E-state index contributed by atoms with van der Waals surface area (Å²) in [6.45, 7) is 3.79. The Hall–Kier alpha value is -2.03. The molecule has 6 nitrogen and oxygen atoms in total. The molecular weight excluding hydrogens is 412 g/mol. The highest BCUT2D eigenvalue weighted by molar-refractivity contribution is 8.02. The first-order chi connectivity index (χ1) is 13.7. The van der Waals surface area contributed by atoms with E-state index < -0.39 is 26.0 Å². The molecule has 2 rings (SSSR count). The second-order valence-corrected chi connectivity index (χ2v) is 10.1. The molecule has 0 heterocycles. The van der Waals surface area contributed by atoms with Crippen LogP contribution in [0.25, 0.3) is 0 Å². The molecule has 29 heavy (non-hydrogen) atoms. The number of hydrogen-bond acceptors (Lipinski definition) is 6. The van der Waals surface area contributed by atoms with Crippen molar-refractivity contribution < 1.29 is 28.2 Å². The summed E-state index contributed by atoms with van der Waals surface area (Å²) in [4.78, 5) is 9.25. The Kier molecular flexibility index (Phi) is 8.13. The van der Waals surface area contributed by atoms with Crippen molar-refractivity contribution in [2.45, 2.75) is 47.5 Å². The summed E-state index contributed by atoms with van der Waals surface area (Å²) in [5.41, 5.74) is 0.787. The van der Waals surface area contributed by atoms with Crippen LogP contribution >= 0.6 is 11.8 Å². The highest BCUT2D eigenvalue weighted by Gasteiger charge is 2.49. The maximum atomic E-state index is 13.0. The van der Waals surface area contributed by atoms with Gasteiger partial charge in [-0.3, -0.25) is 0 Å². The summed E-state index contributed by atoms with van der Waals surface area (Å²) in [6, 6.07) is 14.8. The van der Waals surface area contributed by atoms with Gasteiger partial charge in [-0.1, -0.05) is 43.7 Å². The number of carboxylic acid groups (broad SMARTS) is 1. The number of carbonyl (C=O) groups is 1. The van der Waals surface area contributed by atoms with Crippen LogP contribution in [0.15, 0.2) is 59.5 Å².